The summed E-state index contributed by atoms with van der Waals surface area (Å²) in [5, 5.41) is 10.9. The molecule has 4 N–H and O–H groups in total. The second kappa shape index (κ2) is 14.1. The van der Waals surface area contributed by atoms with Crippen LogP contribution >= 0.6 is 0 Å². The zero-order valence-electron chi connectivity index (χ0n) is 23.9. The zero-order chi connectivity index (χ0) is 31.4. The van der Waals surface area contributed by atoms with Crippen LogP contribution in [0.4, 0.5) is 9.59 Å². The second-order valence-electron chi connectivity index (χ2n) is 11.3. The molecule has 4 bridgehead atoms. The van der Waals surface area contributed by atoms with Gasteiger partial charge in [-0.1, -0.05) is 0 Å². The third-order valence-electron chi connectivity index (χ3n) is 8.44. The first kappa shape index (κ1) is 32.5. The Morgan fingerprint density at radius 1 is 0.750 bits per heavy atom. The van der Waals surface area contributed by atoms with E-state index >= 15 is 0 Å². The predicted molar refractivity (Wildman–Crippen MR) is 144 cm³/mol. The Labute approximate surface area is 254 Å². The maximum atomic E-state index is 12.3. The molecule has 0 unspecified atom stereocenters. The van der Waals surface area contributed by atoms with Crippen LogP contribution < -0.4 is 11.0 Å². The molecule has 0 spiro atoms. The van der Waals surface area contributed by atoms with Crippen molar-refractivity contribution in [2.45, 2.75) is 87.7 Å². The summed E-state index contributed by atoms with van der Waals surface area (Å²) in [5.41, 5.74) is 4.82. The van der Waals surface area contributed by atoms with Crippen LogP contribution in [0.3, 0.4) is 0 Å². The quantitative estimate of drug-likeness (QED) is 0.145. The lowest BCUT2D eigenvalue weighted by Gasteiger charge is -2.30. The Morgan fingerprint density at radius 2 is 1.20 bits per heavy atom. The summed E-state index contributed by atoms with van der Waals surface area (Å²) in [5.74, 6) is -0.791. The molecule has 6 aliphatic heterocycles. The minimum atomic E-state index is -4.80. The zero-order valence-corrected chi connectivity index (χ0v) is 24.8. The lowest BCUT2D eigenvalue weighted by Crippen LogP contribution is -2.50. The van der Waals surface area contributed by atoms with Crippen molar-refractivity contribution in [3.8, 4) is 0 Å². The van der Waals surface area contributed by atoms with E-state index in [1.807, 2.05) is 0 Å². The summed E-state index contributed by atoms with van der Waals surface area (Å²) in [6.45, 7) is 2.94. The number of hydrogen-bond acceptors (Lipinski definition) is 12. The largest absolute Gasteiger partial charge is 0.418 e. The lowest BCUT2D eigenvalue weighted by molar-refractivity contribution is -0.148. The number of amides is 6. The van der Waals surface area contributed by atoms with Gasteiger partial charge in [0.05, 0.1) is 24.3 Å². The maximum Gasteiger partial charge on any atom is 0.418 e. The number of hydrogen-bond donors (Lipinski definition) is 4. The Morgan fingerprint density at radius 3 is 1.70 bits per heavy atom. The molecule has 250 valence electrons. The third-order valence-corrected chi connectivity index (χ3v) is 8.79. The molecule has 6 saturated heterocycles. The Hall–Kier alpha value is -2.85. The molecule has 44 heavy (non-hydrogen) atoms. The molecular formula is C24H40N6O13S. The smallest absolute Gasteiger partial charge is 0.381 e. The highest BCUT2D eigenvalue weighted by Crippen LogP contribution is 2.31. The van der Waals surface area contributed by atoms with Gasteiger partial charge in [0.25, 0.3) is 11.8 Å². The van der Waals surface area contributed by atoms with Gasteiger partial charge in [-0.25, -0.2) is 25.6 Å². The van der Waals surface area contributed by atoms with Crippen LogP contribution in [0.1, 0.15) is 52.8 Å². The number of carbonyl (C=O) groups excluding carboxylic acids is 4. The maximum absolute atomic E-state index is 12.3. The van der Waals surface area contributed by atoms with Crippen molar-refractivity contribution in [1.29, 1.82) is 0 Å². The molecule has 6 fully saturated rings. The molecule has 6 amide bonds. The average molecular weight is 653 g/mol. The standard InChI is InChI=1S/C12H19N3O8S.C12H19N3O5.H2/c16-11(13-22-9-3-5-21-6-4-9)10-2-1-8-7-14(10)12(17)15(8)23-24(18,19)20;16-11(13-20-9-3-5-19-6-4-9)10-2-1-8-7-14(10)12(17)15(8)18;/h8-10H,1-7H2,(H,13,16)(H,18,19,20);8-10,18H,1-7H2,(H,13,16);1H/t2*8-,10+;/m11./s1. The van der Waals surface area contributed by atoms with E-state index in [4.69, 9.17) is 23.7 Å². The summed E-state index contributed by atoms with van der Waals surface area (Å²) in [6, 6.07) is -3.33. The van der Waals surface area contributed by atoms with Gasteiger partial charge in [-0.15, -0.1) is 4.28 Å². The van der Waals surface area contributed by atoms with Crippen molar-refractivity contribution in [3.63, 3.8) is 0 Å². The number of rotatable bonds is 8. The van der Waals surface area contributed by atoms with E-state index in [1.165, 1.54) is 9.80 Å². The first-order valence-corrected chi connectivity index (χ1v) is 16.0. The van der Waals surface area contributed by atoms with Crippen molar-refractivity contribution in [3.05, 3.63) is 0 Å². The summed E-state index contributed by atoms with van der Waals surface area (Å²) in [7, 11) is -4.80. The fourth-order valence-corrected chi connectivity index (χ4v) is 6.42. The van der Waals surface area contributed by atoms with Crippen LogP contribution in [0.25, 0.3) is 0 Å². The van der Waals surface area contributed by atoms with Gasteiger partial charge < -0.3 is 19.3 Å². The van der Waals surface area contributed by atoms with E-state index in [0.29, 0.717) is 76.6 Å². The molecule has 0 aromatic heterocycles. The monoisotopic (exact) mass is 652 g/mol. The molecule has 6 aliphatic rings. The van der Waals surface area contributed by atoms with Gasteiger partial charge in [-0.3, -0.25) is 29.0 Å². The molecule has 6 rings (SSSR count). The summed E-state index contributed by atoms with van der Waals surface area (Å²) < 4.78 is 45.1. The van der Waals surface area contributed by atoms with E-state index in [0.717, 1.165) is 17.9 Å². The van der Waals surface area contributed by atoms with Gasteiger partial charge in [-0.2, -0.15) is 13.5 Å². The molecule has 20 heteroatoms. The van der Waals surface area contributed by atoms with Gasteiger partial charge in [0.15, 0.2) is 0 Å². The molecule has 0 radical (unpaired) electrons. The number of urea groups is 2. The first-order chi connectivity index (χ1) is 21.0. The minimum absolute atomic E-state index is 0. The fraction of sp³-hybridized carbons (Fsp3) is 0.833. The van der Waals surface area contributed by atoms with Crippen molar-refractivity contribution >= 4 is 34.3 Å². The van der Waals surface area contributed by atoms with Crippen LogP contribution in [0.5, 0.6) is 0 Å². The van der Waals surface area contributed by atoms with E-state index in [2.05, 4.69) is 15.2 Å². The summed E-state index contributed by atoms with van der Waals surface area (Å²) in [6.07, 6.45) is 4.54. The second-order valence-corrected chi connectivity index (χ2v) is 12.3. The van der Waals surface area contributed by atoms with Crippen LogP contribution in [0, 0.1) is 0 Å². The highest BCUT2D eigenvalue weighted by Gasteiger charge is 2.50. The van der Waals surface area contributed by atoms with Crippen molar-refractivity contribution < 1.29 is 62.2 Å². The van der Waals surface area contributed by atoms with Crippen LogP contribution in [0.2, 0.25) is 0 Å². The number of nitrogens with one attached hydrogen (secondary N) is 2. The number of fused-ring (bicyclic) bond motifs is 4. The van der Waals surface area contributed by atoms with Gasteiger partial charge in [-0.05, 0) is 51.4 Å². The Balaban J connectivity index is 0.000000203. The normalized spacial score (nSPS) is 29.4. The van der Waals surface area contributed by atoms with Gasteiger partial charge in [0.1, 0.15) is 12.1 Å². The number of nitrogens with zero attached hydrogens (tertiary/aromatic N) is 4. The average Bonchev–Trinajstić information content (AvgIpc) is 3.38. The lowest BCUT2D eigenvalue weighted by atomic mass is 10.0. The number of ether oxygens (including phenoxy) is 2. The summed E-state index contributed by atoms with van der Waals surface area (Å²) in [4.78, 5) is 61.7. The van der Waals surface area contributed by atoms with Crippen molar-refractivity contribution in [1.82, 2.24) is 30.9 Å². The number of hydroxylamine groups is 6. The van der Waals surface area contributed by atoms with E-state index in [9.17, 15) is 32.8 Å². The van der Waals surface area contributed by atoms with Crippen molar-refractivity contribution in [2.75, 3.05) is 39.5 Å². The fourth-order valence-electron chi connectivity index (χ4n) is 6.03. The van der Waals surface area contributed by atoms with E-state index < -0.39 is 46.5 Å². The molecule has 0 aromatic carbocycles. The molecule has 0 aliphatic carbocycles. The van der Waals surface area contributed by atoms with Crippen LogP contribution in [-0.4, -0.2) is 138 Å². The number of piperidine rings is 2. The van der Waals surface area contributed by atoms with Crippen LogP contribution in [0.15, 0.2) is 0 Å². The summed E-state index contributed by atoms with van der Waals surface area (Å²) >= 11 is 0. The number of carbonyl (C=O) groups is 4. The molecular weight excluding hydrogens is 612 g/mol. The topological polar surface area (TPSA) is 226 Å². The third kappa shape index (κ3) is 7.68. The molecule has 0 saturated carbocycles. The molecule has 4 atom stereocenters. The van der Waals surface area contributed by atoms with Crippen LogP contribution in [-0.2, 0) is 43.4 Å². The molecule has 6 heterocycles. The van der Waals surface area contributed by atoms with E-state index in [1.54, 1.807) is 0 Å². The predicted octanol–water partition coefficient (Wildman–Crippen LogP) is -0.667. The highest BCUT2D eigenvalue weighted by molar-refractivity contribution is 7.80. The van der Waals surface area contributed by atoms with Gasteiger partial charge in [0, 0.05) is 40.9 Å². The van der Waals surface area contributed by atoms with Gasteiger partial charge >= 0.3 is 22.5 Å². The molecule has 0 aromatic rings. The Bertz CT molecular complexity index is 1190. The van der Waals surface area contributed by atoms with Gasteiger partial charge in [0.2, 0.25) is 0 Å². The van der Waals surface area contributed by atoms with Crippen molar-refractivity contribution in [2.24, 2.45) is 0 Å². The highest BCUT2D eigenvalue weighted by atomic mass is 32.3. The SMILES string of the molecule is O=C(NOC1CCOCC1)[C@@H]1CC[C@@H]2CN1C(=O)N2O.O=C(NOC1CCOCC1)[C@@H]1CC[C@@H]2CN1C(=O)N2OS(=O)(=O)O.[HH]. The Kier molecular flexibility index (Phi) is 10.4. The minimum Gasteiger partial charge on any atom is -0.381 e. The van der Waals surface area contributed by atoms with E-state index in [-0.39, 0.29) is 32.1 Å². The molecule has 19 nitrogen and oxygen atoms in total. The first-order valence-electron chi connectivity index (χ1n) is 14.6.